The molecule has 28 heavy (non-hydrogen) atoms. The Morgan fingerprint density at radius 3 is 2.29 bits per heavy atom. The van der Waals surface area contributed by atoms with E-state index < -0.39 is 0 Å². The Bertz CT molecular complexity index is 1010. The van der Waals surface area contributed by atoms with Crippen LogP contribution >= 0.6 is 0 Å². The van der Waals surface area contributed by atoms with E-state index in [1.807, 2.05) is 37.0 Å². The highest BCUT2D eigenvalue weighted by atomic mass is 15.3. The first-order valence-corrected chi connectivity index (χ1v) is 10.1. The summed E-state index contributed by atoms with van der Waals surface area (Å²) in [6.07, 6.45) is 9.43. The molecule has 0 unspecified atom stereocenters. The summed E-state index contributed by atoms with van der Waals surface area (Å²) in [5, 5.41) is 11.7. The number of hydrogen-bond acceptors (Lipinski definition) is 4. The van der Waals surface area contributed by atoms with E-state index in [0.29, 0.717) is 0 Å². The van der Waals surface area contributed by atoms with Crippen LogP contribution in [-0.2, 0) is 0 Å². The van der Waals surface area contributed by atoms with Crippen molar-refractivity contribution in [1.82, 2.24) is 24.8 Å². The number of aromatic nitrogens is 5. The van der Waals surface area contributed by atoms with E-state index in [0.717, 1.165) is 46.9 Å². The quantitative estimate of drug-likeness (QED) is 0.559. The van der Waals surface area contributed by atoms with Crippen LogP contribution in [0.3, 0.4) is 0 Å². The number of benzene rings is 1. The molecule has 1 aliphatic rings. The third-order valence-corrected chi connectivity index (χ3v) is 5.04. The molecule has 0 saturated carbocycles. The SMILES string of the molecule is CC.c1cc(-c2cnc3ccc(N4CCCCC4)nn23)ccc1-c1cn[nH]c1. The number of aromatic amines is 1. The van der Waals surface area contributed by atoms with Crippen molar-refractivity contribution in [2.45, 2.75) is 33.1 Å². The minimum absolute atomic E-state index is 0.875. The molecular formula is C22H26N6. The number of nitrogens with one attached hydrogen (secondary N) is 1. The Balaban J connectivity index is 0.000000932. The van der Waals surface area contributed by atoms with Gasteiger partial charge in [0.15, 0.2) is 5.65 Å². The van der Waals surface area contributed by atoms with E-state index in [9.17, 15) is 0 Å². The van der Waals surface area contributed by atoms with Gasteiger partial charge < -0.3 is 4.90 Å². The third-order valence-electron chi connectivity index (χ3n) is 5.04. The van der Waals surface area contributed by atoms with Crippen LogP contribution in [-0.4, -0.2) is 37.9 Å². The van der Waals surface area contributed by atoms with Crippen LogP contribution in [0.25, 0.3) is 28.0 Å². The number of rotatable bonds is 3. The van der Waals surface area contributed by atoms with Gasteiger partial charge in [-0.25, -0.2) is 9.50 Å². The van der Waals surface area contributed by atoms with Crippen molar-refractivity contribution in [2.75, 3.05) is 18.0 Å². The van der Waals surface area contributed by atoms with Gasteiger partial charge in [-0.15, -0.1) is 5.10 Å². The van der Waals surface area contributed by atoms with E-state index in [2.05, 4.69) is 56.5 Å². The largest absolute Gasteiger partial charge is 0.355 e. The van der Waals surface area contributed by atoms with Crippen molar-refractivity contribution in [1.29, 1.82) is 0 Å². The lowest BCUT2D eigenvalue weighted by molar-refractivity contribution is 0.570. The van der Waals surface area contributed by atoms with Crippen molar-refractivity contribution in [3.8, 4) is 22.4 Å². The molecule has 1 saturated heterocycles. The van der Waals surface area contributed by atoms with Crippen LogP contribution in [0.15, 0.2) is 55.0 Å². The number of piperidine rings is 1. The van der Waals surface area contributed by atoms with Gasteiger partial charge in [-0.05, 0) is 37.0 Å². The van der Waals surface area contributed by atoms with Gasteiger partial charge in [-0.3, -0.25) is 5.10 Å². The molecule has 1 aliphatic heterocycles. The minimum Gasteiger partial charge on any atom is -0.355 e. The summed E-state index contributed by atoms with van der Waals surface area (Å²) in [5.74, 6) is 1.03. The second-order valence-electron chi connectivity index (χ2n) is 6.72. The summed E-state index contributed by atoms with van der Waals surface area (Å²) >= 11 is 0. The first-order chi connectivity index (χ1) is 13.9. The molecule has 3 aromatic heterocycles. The van der Waals surface area contributed by atoms with Gasteiger partial charge in [0.05, 0.1) is 18.1 Å². The fraction of sp³-hybridized carbons (Fsp3) is 0.318. The van der Waals surface area contributed by atoms with Crippen molar-refractivity contribution in [3.05, 3.63) is 55.0 Å². The molecule has 0 radical (unpaired) electrons. The predicted octanol–water partition coefficient (Wildman–Crippen LogP) is 4.80. The molecule has 4 aromatic rings. The highest BCUT2D eigenvalue weighted by Gasteiger charge is 2.14. The van der Waals surface area contributed by atoms with Gasteiger partial charge in [0.25, 0.3) is 0 Å². The predicted molar refractivity (Wildman–Crippen MR) is 113 cm³/mol. The number of fused-ring (bicyclic) bond motifs is 1. The molecule has 144 valence electrons. The maximum Gasteiger partial charge on any atom is 0.154 e. The lowest BCUT2D eigenvalue weighted by Gasteiger charge is -2.27. The summed E-state index contributed by atoms with van der Waals surface area (Å²) in [4.78, 5) is 6.89. The van der Waals surface area contributed by atoms with E-state index in [4.69, 9.17) is 5.10 Å². The van der Waals surface area contributed by atoms with Crippen LogP contribution in [0.2, 0.25) is 0 Å². The number of anilines is 1. The van der Waals surface area contributed by atoms with Crippen LogP contribution in [0, 0.1) is 0 Å². The zero-order chi connectivity index (χ0) is 19.3. The van der Waals surface area contributed by atoms with E-state index in [-0.39, 0.29) is 0 Å². The summed E-state index contributed by atoms with van der Waals surface area (Å²) in [6, 6.07) is 12.6. The molecule has 5 rings (SSSR count). The maximum absolute atomic E-state index is 4.87. The summed E-state index contributed by atoms with van der Waals surface area (Å²) in [6.45, 7) is 6.17. The molecule has 1 aromatic carbocycles. The topological polar surface area (TPSA) is 62.1 Å². The molecular weight excluding hydrogens is 348 g/mol. The molecule has 4 heterocycles. The average molecular weight is 374 g/mol. The maximum atomic E-state index is 4.87. The highest BCUT2D eigenvalue weighted by molar-refractivity contribution is 5.69. The third kappa shape index (κ3) is 3.50. The molecule has 0 spiro atoms. The number of imidazole rings is 1. The van der Waals surface area contributed by atoms with Crippen molar-refractivity contribution in [2.24, 2.45) is 0 Å². The van der Waals surface area contributed by atoms with Gasteiger partial charge >= 0.3 is 0 Å². The molecule has 0 atom stereocenters. The van der Waals surface area contributed by atoms with E-state index in [1.54, 1.807) is 0 Å². The molecule has 0 aliphatic carbocycles. The average Bonchev–Trinajstić information content (AvgIpc) is 3.46. The van der Waals surface area contributed by atoms with Gasteiger partial charge in [0, 0.05) is 30.4 Å². The first kappa shape index (κ1) is 18.2. The van der Waals surface area contributed by atoms with Gasteiger partial charge in [0.1, 0.15) is 5.82 Å². The lowest BCUT2D eigenvalue weighted by Crippen LogP contribution is -2.30. The number of H-pyrrole nitrogens is 1. The highest BCUT2D eigenvalue weighted by Crippen LogP contribution is 2.26. The molecule has 1 N–H and O–H groups in total. The molecule has 6 heteroatoms. The van der Waals surface area contributed by atoms with Crippen LogP contribution in [0.5, 0.6) is 0 Å². The van der Waals surface area contributed by atoms with Crippen LogP contribution in [0.1, 0.15) is 33.1 Å². The Morgan fingerprint density at radius 2 is 1.57 bits per heavy atom. The van der Waals surface area contributed by atoms with Gasteiger partial charge in [-0.1, -0.05) is 38.1 Å². The van der Waals surface area contributed by atoms with Crippen molar-refractivity contribution >= 4 is 11.5 Å². The van der Waals surface area contributed by atoms with Gasteiger partial charge in [-0.2, -0.15) is 5.10 Å². The summed E-state index contributed by atoms with van der Waals surface area (Å²) in [7, 11) is 0. The zero-order valence-electron chi connectivity index (χ0n) is 16.5. The van der Waals surface area contributed by atoms with Crippen molar-refractivity contribution < 1.29 is 0 Å². The summed E-state index contributed by atoms with van der Waals surface area (Å²) in [5.41, 5.74) is 5.21. The zero-order valence-corrected chi connectivity index (χ0v) is 16.5. The lowest BCUT2D eigenvalue weighted by atomic mass is 10.1. The normalized spacial score (nSPS) is 14.0. The number of hydrogen-bond donors (Lipinski definition) is 1. The molecule has 0 amide bonds. The Hall–Kier alpha value is -3.15. The molecule has 6 nitrogen and oxygen atoms in total. The second-order valence-corrected chi connectivity index (χ2v) is 6.72. The summed E-state index contributed by atoms with van der Waals surface area (Å²) < 4.78 is 1.96. The molecule has 1 fully saturated rings. The van der Waals surface area contributed by atoms with E-state index in [1.165, 1.54) is 19.3 Å². The van der Waals surface area contributed by atoms with Crippen molar-refractivity contribution in [3.63, 3.8) is 0 Å². The Kier molecular flexibility index (Phi) is 5.37. The van der Waals surface area contributed by atoms with Crippen LogP contribution in [0.4, 0.5) is 5.82 Å². The second kappa shape index (κ2) is 8.25. The Morgan fingerprint density at radius 1 is 0.821 bits per heavy atom. The first-order valence-electron chi connectivity index (χ1n) is 10.1. The minimum atomic E-state index is 0.875. The smallest absolute Gasteiger partial charge is 0.154 e. The van der Waals surface area contributed by atoms with E-state index >= 15 is 0 Å². The molecule has 0 bridgehead atoms. The monoisotopic (exact) mass is 374 g/mol. The van der Waals surface area contributed by atoms with Crippen LogP contribution < -0.4 is 4.90 Å². The fourth-order valence-corrected chi connectivity index (χ4v) is 3.59. The Labute approximate surface area is 165 Å². The standard InChI is InChI=1S/C20H20N6.C2H6/c1-2-10-25(11-3-1)20-9-8-19-21-14-18(26(19)24-20)16-6-4-15(5-7-16)17-12-22-23-13-17;1-2/h4-9,12-14H,1-3,10-11H2,(H,22,23);1-2H3. The fourth-order valence-electron chi connectivity index (χ4n) is 3.59. The van der Waals surface area contributed by atoms with Gasteiger partial charge in [0.2, 0.25) is 0 Å². The number of nitrogens with zero attached hydrogens (tertiary/aromatic N) is 5.